The Kier molecular flexibility index (Phi) is 9.71. The maximum Gasteiger partial charge on any atom is 0.257 e. The van der Waals surface area contributed by atoms with Crippen LogP contribution in [0.2, 0.25) is 0 Å². The number of quaternary nitrogens is 1. The molecule has 0 amide bonds. The summed E-state index contributed by atoms with van der Waals surface area (Å²) in [6, 6.07) is 10.6. The number of hydrogen-bond donors (Lipinski definition) is 0. The van der Waals surface area contributed by atoms with E-state index in [1.165, 1.54) is 24.8 Å². The molecule has 2 nitrogen and oxygen atoms in total. The third kappa shape index (κ3) is 11.7. The van der Waals surface area contributed by atoms with Gasteiger partial charge in [-0.25, -0.2) is 0 Å². The average molecular weight is 250 g/mol. The van der Waals surface area contributed by atoms with Crippen molar-refractivity contribution in [3.8, 4) is 0 Å². The van der Waals surface area contributed by atoms with Crippen molar-refractivity contribution < 1.29 is 9.14 Å². The molecule has 0 aliphatic rings. The van der Waals surface area contributed by atoms with Gasteiger partial charge >= 0.3 is 0 Å². The number of hydrogen-bond acceptors (Lipinski definition) is 1. The largest absolute Gasteiger partial charge is 0.444 e. The average Bonchev–Trinajstić information content (AvgIpc) is 2.30. The van der Waals surface area contributed by atoms with Crippen LogP contribution in [0.4, 0.5) is 0 Å². The summed E-state index contributed by atoms with van der Waals surface area (Å²) in [5.74, 6) is 0. The Morgan fingerprint density at radius 1 is 1.06 bits per heavy atom. The van der Waals surface area contributed by atoms with Crippen LogP contribution < -0.4 is 0 Å². The van der Waals surface area contributed by atoms with E-state index in [0.29, 0.717) is 0 Å². The molecule has 3 heteroatoms. The van der Waals surface area contributed by atoms with Crippen LogP contribution in [0.1, 0.15) is 31.7 Å². The smallest absolute Gasteiger partial charge is 0.257 e. The standard InChI is InChI=1S/C10H16N.C5H13BO/c1-11(2,3)9-10-7-5-4-6-8-10;1-2-3-4-5-7-6/h4-8H,9H2,1-3H3;2-6H2,1H3/q+1;. The number of nitrogens with zero attached hydrogens (tertiary/aromatic N) is 1. The molecular weight excluding hydrogens is 221 g/mol. The van der Waals surface area contributed by atoms with Gasteiger partial charge in [-0.05, 0) is 6.42 Å². The van der Waals surface area contributed by atoms with Crippen LogP contribution in [-0.2, 0) is 11.2 Å². The van der Waals surface area contributed by atoms with Crippen molar-refractivity contribution >= 4 is 8.05 Å². The Morgan fingerprint density at radius 2 is 1.67 bits per heavy atom. The lowest BCUT2D eigenvalue weighted by molar-refractivity contribution is -0.884. The fraction of sp³-hybridized carbons (Fsp3) is 0.600. The van der Waals surface area contributed by atoms with E-state index in [9.17, 15) is 0 Å². The summed E-state index contributed by atoms with van der Waals surface area (Å²) in [5.41, 5.74) is 1.40. The summed E-state index contributed by atoms with van der Waals surface area (Å²) in [6.07, 6.45) is 3.80. The molecule has 0 radical (unpaired) electrons. The summed E-state index contributed by atoms with van der Waals surface area (Å²) in [5, 5.41) is 0. The molecule has 0 saturated heterocycles. The van der Waals surface area contributed by atoms with Gasteiger partial charge in [0.15, 0.2) is 0 Å². The van der Waals surface area contributed by atoms with Gasteiger partial charge in [-0.15, -0.1) is 0 Å². The van der Waals surface area contributed by atoms with Crippen LogP contribution in [0.3, 0.4) is 0 Å². The first kappa shape index (κ1) is 17.2. The highest BCUT2D eigenvalue weighted by molar-refractivity contribution is 5.97. The van der Waals surface area contributed by atoms with Gasteiger partial charge in [0.1, 0.15) is 6.54 Å². The Bertz CT molecular complexity index is 278. The second kappa shape index (κ2) is 10.2. The topological polar surface area (TPSA) is 9.23 Å². The first-order chi connectivity index (χ1) is 8.49. The van der Waals surface area contributed by atoms with Gasteiger partial charge in [0.25, 0.3) is 8.05 Å². The van der Waals surface area contributed by atoms with Gasteiger partial charge in [-0.2, -0.15) is 0 Å². The fourth-order valence-corrected chi connectivity index (χ4v) is 1.63. The first-order valence-corrected chi connectivity index (χ1v) is 6.83. The van der Waals surface area contributed by atoms with E-state index in [0.717, 1.165) is 17.6 Å². The maximum absolute atomic E-state index is 4.84. The van der Waals surface area contributed by atoms with E-state index < -0.39 is 0 Å². The Balaban J connectivity index is 0.000000360. The van der Waals surface area contributed by atoms with E-state index in [2.05, 4.69) is 58.4 Å². The normalized spacial score (nSPS) is 10.7. The zero-order chi connectivity index (χ0) is 13.9. The van der Waals surface area contributed by atoms with Crippen LogP contribution in [-0.4, -0.2) is 40.3 Å². The molecule has 18 heavy (non-hydrogen) atoms. The van der Waals surface area contributed by atoms with E-state index in [4.69, 9.17) is 4.65 Å². The van der Waals surface area contributed by atoms with E-state index in [1.54, 1.807) is 8.05 Å². The van der Waals surface area contributed by atoms with Crippen molar-refractivity contribution in [3.63, 3.8) is 0 Å². The molecule has 0 spiro atoms. The van der Waals surface area contributed by atoms with Gasteiger partial charge in [-0.1, -0.05) is 50.1 Å². The molecule has 0 aliphatic heterocycles. The van der Waals surface area contributed by atoms with Crippen molar-refractivity contribution in [2.24, 2.45) is 0 Å². The van der Waals surface area contributed by atoms with Crippen molar-refractivity contribution in [2.45, 2.75) is 32.7 Å². The lowest BCUT2D eigenvalue weighted by Gasteiger charge is -2.23. The van der Waals surface area contributed by atoms with Crippen molar-refractivity contribution in [3.05, 3.63) is 35.9 Å². The molecule has 0 atom stereocenters. The van der Waals surface area contributed by atoms with E-state index in [1.807, 2.05) is 0 Å². The highest BCUT2D eigenvalue weighted by atomic mass is 16.4. The van der Waals surface area contributed by atoms with Gasteiger partial charge in [0.05, 0.1) is 21.1 Å². The predicted molar refractivity (Wildman–Crippen MR) is 82.2 cm³/mol. The molecule has 0 aromatic heterocycles. The first-order valence-electron chi connectivity index (χ1n) is 6.83. The number of benzene rings is 1. The zero-order valence-electron chi connectivity index (χ0n) is 12.8. The molecule has 0 unspecified atom stereocenters. The summed E-state index contributed by atoms with van der Waals surface area (Å²) in [7, 11) is 8.35. The van der Waals surface area contributed by atoms with Crippen LogP contribution in [0.5, 0.6) is 0 Å². The summed E-state index contributed by atoms with van der Waals surface area (Å²) < 4.78 is 5.83. The lowest BCUT2D eigenvalue weighted by atomic mass is 10.2. The van der Waals surface area contributed by atoms with Crippen molar-refractivity contribution in [1.29, 1.82) is 0 Å². The Morgan fingerprint density at radius 3 is 2.11 bits per heavy atom. The maximum atomic E-state index is 4.84. The van der Waals surface area contributed by atoms with E-state index in [-0.39, 0.29) is 0 Å². The summed E-state index contributed by atoms with van der Waals surface area (Å²) >= 11 is 0. The quantitative estimate of drug-likeness (QED) is 0.428. The summed E-state index contributed by atoms with van der Waals surface area (Å²) in [4.78, 5) is 0. The highest BCUT2D eigenvalue weighted by Gasteiger charge is 2.06. The highest BCUT2D eigenvalue weighted by Crippen LogP contribution is 2.05. The van der Waals surface area contributed by atoms with Crippen LogP contribution in [0.15, 0.2) is 30.3 Å². The van der Waals surface area contributed by atoms with Crippen LogP contribution in [0.25, 0.3) is 0 Å². The second-order valence-corrected chi connectivity index (χ2v) is 5.63. The minimum absolute atomic E-state index is 0.924. The van der Waals surface area contributed by atoms with Gasteiger partial charge < -0.3 is 9.14 Å². The van der Waals surface area contributed by atoms with Crippen LogP contribution >= 0.6 is 0 Å². The Hall–Kier alpha value is -0.795. The fourth-order valence-electron chi connectivity index (χ4n) is 1.63. The molecule has 1 aromatic carbocycles. The molecule has 1 rings (SSSR count). The molecule has 1 aromatic rings. The minimum atomic E-state index is 0.924. The van der Waals surface area contributed by atoms with Gasteiger partial charge in [-0.3, -0.25) is 0 Å². The molecule has 0 N–H and O–H groups in total. The molecule has 0 aliphatic carbocycles. The van der Waals surface area contributed by atoms with Crippen LogP contribution in [0, 0.1) is 0 Å². The molecular formula is C15H29BNO+. The second-order valence-electron chi connectivity index (χ2n) is 5.63. The molecule has 0 fully saturated rings. The number of rotatable bonds is 6. The minimum Gasteiger partial charge on any atom is -0.444 e. The number of unbranched alkanes of at least 4 members (excludes halogenated alkanes) is 2. The molecule has 0 heterocycles. The predicted octanol–water partition coefficient (Wildman–Crippen LogP) is 2.63. The van der Waals surface area contributed by atoms with Crippen molar-refractivity contribution in [2.75, 3.05) is 27.7 Å². The Labute approximate surface area is 114 Å². The monoisotopic (exact) mass is 250 g/mol. The summed E-state index contributed by atoms with van der Waals surface area (Å²) in [6.45, 7) is 4.21. The molecule has 102 valence electrons. The molecule has 0 saturated carbocycles. The third-order valence-electron chi connectivity index (χ3n) is 2.45. The van der Waals surface area contributed by atoms with Crippen molar-refractivity contribution in [1.82, 2.24) is 0 Å². The SMILES string of the molecule is BOCCCCC.C[N+](C)(C)Cc1ccccc1. The molecule has 0 bridgehead atoms. The van der Waals surface area contributed by atoms with Gasteiger partial charge in [0.2, 0.25) is 0 Å². The lowest BCUT2D eigenvalue weighted by Crippen LogP contribution is -2.33. The zero-order valence-corrected chi connectivity index (χ0v) is 12.8. The van der Waals surface area contributed by atoms with Gasteiger partial charge in [0, 0.05) is 12.2 Å². The van der Waals surface area contributed by atoms with E-state index >= 15 is 0 Å². The third-order valence-corrected chi connectivity index (χ3v) is 2.45.